The molecule has 2 rings (SSSR count). The van der Waals surface area contributed by atoms with Gasteiger partial charge in [0.25, 0.3) is 0 Å². The lowest BCUT2D eigenvalue weighted by Gasteiger charge is -2.30. The van der Waals surface area contributed by atoms with Gasteiger partial charge in [-0.05, 0) is 12.8 Å². The molecule has 96 valence electrons. The number of carboxylic acid groups (broad SMARTS) is 1. The van der Waals surface area contributed by atoms with E-state index < -0.39 is 19.0 Å². The normalized spacial score (nSPS) is 19.7. The van der Waals surface area contributed by atoms with Gasteiger partial charge in [-0.1, -0.05) is 0 Å². The Morgan fingerprint density at radius 2 is 2.06 bits per heavy atom. The lowest BCUT2D eigenvalue weighted by atomic mass is 9.83. The van der Waals surface area contributed by atoms with E-state index in [1.807, 2.05) is 0 Å². The van der Waals surface area contributed by atoms with E-state index in [-0.39, 0.29) is 5.46 Å². The summed E-state index contributed by atoms with van der Waals surface area (Å²) in [6.07, 6.45) is 4.11. The Hall–Kier alpha value is -1.67. The molecule has 2 heterocycles. The standard InChI is InChI=1S/C10H14BN3O4/c15-9(16)7-2-1-3-14(6-7)10-12-4-8(5-13-10)11(17)18/h4-5,7,17-18H,1-3,6H2,(H,15,16)/t7-/m0/s1. The van der Waals surface area contributed by atoms with Crippen LogP contribution in [0.3, 0.4) is 0 Å². The van der Waals surface area contributed by atoms with Gasteiger partial charge in [0.1, 0.15) is 0 Å². The smallest absolute Gasteiger partial charge is 0.481 e. The molecule has 0 radical (unpaired) electrons. The summed E-state index contributed by atoms with van der Waals surface area (Å²) in [6.45, 7) is 1.10. The van der Waals surface area contributed by atoms with Gasteiger partial charge < -0.3 is 20.1 Å². The second kappa shape index (κ2) is 5.32. The maximum Gasteiger partial charge on any atom is 0.491 e. The minimum Gasteiger partial charge on any atom is -0.481 e. The number of aliphatic carboxylic acids is 1. The first-order chi connectivity index (χ1) is 8.58. The third-order valence-corrected chi connectivity index (χ3v) is 3.01. The van der Waals surface area contributed by atoms with E-state index in [0.717, 1.165) is 6.42 Å². The largest absolute Gasteiger partial charge is 0.491 e. The van der Waals surface area contributed by atoms with Crippen LogP contribution in [0.4, 0.5) is 5.95 Å². The number of anilines is 1. The van der Waals surface area contributed by atoms with Crippen molar-refractivity contribution >= 4 is 24.5 Å². The highest BCUT2D eigenvalue weighted by molar-refractivity contribution is 6.58. The minimum atomic E-state index is -1.59. The minimum absolute atomic E-state index is 0.213. The van der Waals surface area contributed by atoms with Gasteiger partial charge in [-0.3, -0.25) is 4.79 Å². The molecule has 1 aromatic rings. The molecular weight excluding hydrogens is 237 g/mol. The van der Waals surface area contributed by atoms with Crippen LogP contribution in [-0.2, 0) is 4.79 Å². The van der Waals surface area contributed by atoms with E-state index in [4.69, 9.17) is 15.2 Å². The number of carboxylic acids is 1. The summed E-state index contributed by atoms with van der Waals surface area (Å²) in [4.78, 5) is 20.8. The molecule has 1 aliphatic heterocycles. The maximum absolute atomic E-state index is 10.9. The Morgan fingerprint density at radius 1 is 1.39 bits per heavy atom. The second-order valence-electron chi connectivity index (χ2n) is 4.31. The molecule has 0 aromatic carbocycles. The average molecular weight is 251 g/mol. The Labute approximate surface area is 104 Å². The highest BCUT2D eigenvalue weighted by atomic mass is 16.4. The van der Waals surface area contributed by atoms with Crippen molar-refractivity contribution in [3.05, 3.63) is 12.4 Å². The van der Waals surface area contributed by atoms with Crippen molar-refractivity contribution in [2.24, 2.45) is 5.92 Å². The van der Waals surface area contributed by atoms with E-state index in [1.54, 1.807) is 4.90 Å². The first kappa shape index (κ1) is 12.8. The molecule has 1 atom stereocenters. The van der Waals surface area contributed by atoms with Crippen LogP contribution in [-0.4, -0.2) is 51.3 Å². The molecule has 1 aliphatic rings. The van der Waals surface area contributed by atoms with Crippen LogP contribution in [0.15, 0.2) is 12.4 Å². The molecule has 0 amide bonds. The number of piperidine rings is 1. The molecule has 1 saturated heterocycles. The molecule has 7 nitrogen and oxygen atoms in total. The topological polar surface area (TPSA) is 107 Å². The van der Waals surface area contributed by atoms with Gasteiger partial charge in [-0.15, -0.1) is 0 Å². The predicted molar refractivity (Wildman–Crippen MR) is 64.4 cm³/mol. The van der Waals surface area contributed by atoms with Gasteiger partial charge in [-0.2, -0.15) is 0 Å². The fraction of sp³-hybridized carbons (Fsp3) is 0.500. The zero-order chi connectivity index (χ0) is 13.1. The van der Waals surface area contributed by atoms with Crippen LogP contribution in [0.1, 0.15) is 12.8 Å². The Balaban J connectivity index is 2.09. The Bertz CT molecular complexity index is 426. The summed E-state index contributed by atoms with van der Waals surface area (Å²) in [7, 11) is -1.59. The van der Waals surface area contributed by atoms with E-state index in [0.29, 0.717) is 25.5 Å². The van der Waals surface area contributed by atoms with Crippen molar-refractivity contribution in [2.45, 2.75) is 12.8 Å². The van der Waals surface area contributed by atoms with E-state index in [1.165, 1.54) is 12.4 Å². The van der Waals surface area contributed by atoms with Crippen molar-refractivity contribution in [1.82, 2.24) is 9.97 Å². The summed E-state index contributed by atoms with van der Waals surface area (Å²) in [5.41, 5.74) is 0.213. The molecule has 3 N–H and O–H groups in total. The number of aromatic nitrogens is 2. The molecule has 0 aliphatic carbocycles. The first-order valence-corrected chi connectivity index (χ1v) is 5.73. The van der Waals surface area contributed by atoms with Gasteiger partial charge in [-0.25, -0.2) is 9.97 Å². The summed E-state index contributed by atoms with van der Waals surface area (Å²) < 4.78 is 0. The van der Waals surface area contributed by atoms with Gasteiger partial charge in [0, 0.05) is 30.9 Å². The number of carbonyl (C=O) groups is 1. The Kier molecular flexibility index (Phi) is 3.78. The Morgan fingerprint density at radius 3 is 2.61 bits per heavy atom. The molecule has 8 heteroatoms. The van der Waals surface area contributed by atoms with Crippen molar-refractivity contribution < 1.29 is 19.9 Å². The fourth-order valence-corrected chi connectivity index (χ4v) is 1.99. The zero-order valence-electron chi connectivity index (χ0n) is 9.73. The van der Waals surface area contributed by atoms with Gasteiger partial charge in [0.15, 0.2) is 0 Å². The second-order valence-corrected chi connectivity index (χ2v) is 4.31. The van der Waals surface area contributed by atoms with Crippen LogP contribution >= 0.6 is 0 Å². The van der Waals surface area contributed by atoms with Crippen molar-refractivity contribution in [2.75, 3.05) is 18.0 Å². The molecule has 1 aromatic heterocycles. The summed E-state index contributed by atoms with van der Waals surface area (Å²) in [5, 5.41) is 26.8. The molecule has 0 saturated carbocycles. The highest BCUT2D eigenvalue weighted by Crippen LogP contribution is 2.19. The van der Waals surface area contributed by atoms with Crippen molar-refractivity contribution in [1.29, 1.82) is 0 Å². The third kappa shape index (κ3) is 2.77. The number of hydrogen-bond acceptors (Lipinski definition) is 6. The molecule has 0 bridgehead atoms. The first-order valence-electron chi connectivity index (χ1n) is 5.73. The monoisotopic (exact) mass is 251 g/mol. The van der Waals surface area contributed by atoms with Crippen molar-refractivity contribution in [3.8, 4) is 0 Å². The highest BCUT2D eigenvalue weighted by Gasteiger charge is 2.26. The van der Waals surface area contributed by atoms with Crippen LogP contribution in [0.5, 0.6) is 0 Å². The molecule has 0 spiro atoms. The lowest BCUT2D eigenvalue weighted by molar-refractivity contribution is -0.141. The van der Waals surface area contributed by atoms with Crippen LogP contribution in [0.2, 0.25) is 0 Å². The van der Waals surface area contributed by atoms with Crippen LogP contribution in [0.25, 0.3) is 0 Å². The predicted octanol–water partition coefficient (Wildman–Crippen LogP) is -1.54. The van der Waals surface area contributed by atoms with E-state index in [2.05, 4.69) is 9.97 Å². The molecule has 0 unspecified atom stereocenters. The van der Waals surface area contributed by atoms with Gasteiger partial charge in [0.05, 0.1) is 5.92 Å². The summed E-state index contributed by atoms with van der Waals surface area (Å²) >= 11 is 0. The maximum atomic E-state index is 10.9. The van der Waals surface area contributed by atoms with E-state index >= 15 is 0 Å². The van der Waals surface area contributed by atoms with Crippen molar-refractivity contribution in [3.63, 3.8) is 0 Å². The quantitative estimate of drug-likeness (QED) is 0.558. The zero-order valence-corrected chi connectivity index (χ0v) is 9.73. The number of hydrogen-bond donors (Lipinski definition) is 3. The molecule has 1 fully saturated rings. The van der Waals surface area contributed by atoms with Gasteiger partial charge >= 0.3 is 13.1 Å². The van der Waals surface area contributed by atoms with Crippen LogP contribution < -0.4 is 10.4 Å². The number of nitrogens with zero attached hydrogens (tertiary/aromatic N) is 3. The summed E-state index contributed by atoms with van der Waals surface area (Å²) in [5.74, 6) is -0.780. The van der Waals surface area contributed by atoms with E-state index in [9.17, 15) is 4.79 Å². The molecular formula is C10H14BN3O4. The number of rotatable bonds is 3. The third-order valence-electron chi connectivity index (χ3n) is 3.01. The fourth-order valence-electron chi connectivity index (χ4n) is 1.99. The SMILES string of the molecule is O=C(O)[C@H]1CCCN(c2ncc(B(O)O)cn2)C1. The average Bonchev–Trinajstić information content (AvgIpc) is 2.39. The lowest BCUT2D eigenvalue weighted by Crippen LogP contribution is -2.40. The van der Waals surface area contributed by atoms with Crippen LogP contribution in [0, 0.1) is 5.92 Å². The molecule has 18 heavy (non-hydrogen) atoms. The summed E-state index contributed by atoms with van der Waals surface area (Å²) in [6, 6.07) is 0. The van der Waals surface area contributed by atoms with Gasteiger partial charge in [0.2, 0.25) is 5.95 Å².